The third-order valence-electron chi connectivity index (χ3n) is 3.60. The molecule has 0 radical (unpaired) electrons. The molecule has 7 heteroatoms. The van der Waals surface area contributed by atoms with Gasteiger partial charge in [-0.05, 0) is 12.0 Å². The van der Waals surface area contributed by atoms with Crippen molar-refractivity contribution in [3.8, 4) is 0 Å². The Kier molecular flexibility index (Phi) is 5.08. The minimum atomic E-state index is -4.59. The van der Waals surface area contributed by atoms with E-state index in [1.807, 2.05) is 0 Å². The summed E-state index contributed by atoms with van der Waals surface area (Å²) in [5, 5.41) is 5.87. The maximum absolute atomic E-state index is 13.3. The molecule has 0 saturated carbocycles. The Balaban J connectivity index is 2.23. The maximum Gasteiger partial charge on any atom is 0.412 e. The Labute approximate surface area is 132 Å². The number of carbonyl (C=O) groups excluding carboxylic acids is 1. The van der Waals surface area contributed by atoms with Crippen LogP contribution in [0.5, 0.6) is 0 Å². The minimum absolute atomic E-state index is 0.0868. The van der Waals surface area contributed by atoms with Crippen molar-refractivity contribution in [2.75, 3.05) is 0 Å². The van der Waals surface area contributed by atoms with Gasteiger partial charge in [0.2, 0.25) is 5.91 Å². The second kappa shape index (κ2) is 6.85. The fourth-order valence-corrected chi connectivity index (χ4v) is 2.44. The molecule has 0 fully saturated rings. The summed E-state index contributed by atoms with van der Waals surface area (Å²) in [4.78, 5) is 12.4. The van der Waals surface area contributed by atoms with Crippen molar-refractivity contribution >= 4 is 5.91 Å². The highest BCUT2D eigenvalue weighted by Crippen LogP contribution is 2.33. The summed E-state index contributed by atoms with van der Waals surface area (Å²) in [7, 11) is 1.53. The topological polar surface area (TPSA) is 46.9 Å². The van der Waals surface area contributed by atoms with Crippen LogP contribution in [0.3, 0.4) is 0 Å². The molecule has 1 aromatic heterocycles. The van der Waals surface area contributed by atoms with E-state index in [1.54, 1.807) is 37.3 Å². The van der Waals surface area contributed by atoms with Crippen molar-refractivity contribution in [3.63, 3.8) is 0 Å². The second-order valence-electron chi connectivity index (χ2n) is 5.30. The fourth-order valence-electron chi connectivity index (χ4n) is 2.44. The van der Waals surface area contributed by atoms with Gasteiger partial charge in [0.1, 0.15) is 0 Å². The van der Waals surface area contributed by atoms with Crippen LogP contribution in [0.1, 0.15) is 36.4 Å². The van der Waals surface area contributed by atoms with E-state index < -0.39 is 24.0 Å². The number of alkyl halides is 3. The van der Waals surface area contributed by atoms with Crippen LogP contribution in [0.25, 0.3) is 0 Å². The third kappa shape index (κ3) is 4.12. The Morgan fingerprint density at radius 2 is 1.91 bits per heavy atom. The van der Waals surface area contributed by atoms with Crippen molar-refractivity contribution in [2.45, 2.75) is 31.5 Å². The zero-order chi connectivity index (χ0) is 17.0. The van der Waals surface area contributed by atoms with Gasteiger partial charge in [0, 0.05) is 18.8 Å². The van der Waals surface area contributed by atoms with Gasteiger partial charge in [0.25, 0.3) is 0 Å². The van der Waals surface area contributed by atoms with Crippen LogP contribution in [-0.4, -0.2) is 21.9 Å². The highest BCUT2D eigenvalue weighted by molar-refractivity contribution is 5.84. The van der Waals surface area contributed by atoms with Crippen molar-refractivity contribution in [1.82, 2.24) is 15.1 Å². The summed E-state index contributed by atoms with van der Waals surface area (Å²) in [6, 6.07) is 6.71. The van der Waals surface area contributed by atoms with Crippen LogP contribution in [0, 0.1) is 0 Å². The molecule has 0 aliphatic carbocycles. The van der Waals surface area contributed by atoms with Crippen molar-refractivity contribution < 1.29 is 18.0 Å². The molecule has 0 spiro atoms. The molecule has 23 heavy (non-hydrogen) atoms. The number of halogens is 3. The van der Waals surface area contributed by atoms with E-state index in [-0.39, 0.29) is 5.56 Å². The van der Waals surface area contributed by atoms with Gasteiger partial charge in [-0.3, -0.25) is 9.48 Å². The third-order valence-corrected chi connectivity index (χ3v) is 3.60. The molecule has 124 valence electrons. The van der Waals surface area contributed by atoms with E-state index in [1.165, 1.54) is 17.9 Å². The molecule has 2 unspecified atom stereocenters. The van der Waals surface area contributed by atoms with E-state index in [0.29, 0.717) is 12.0 Å². The van der Waals surface area contributed by atoms with Crippen LogP contribution in [0.4, 0.5) is 13.2 Å². The van der Waals surface area contributed by atoms with Gasteiger partial charge in [-0.15, -0.1) is 0 Å². The SMILES string of the molecule is CCC(C(=O)NC(c1cnn(C)c1)C(F)(F)F)c1ccccc1. The first-order valence-electron chi connectivity index (χ1n) is 7.23. The van der Waals surface area contributed by atoms with Crippen molar-refractivity contribution in [1.29, 1.82) is 0 Å². The van der Waals surface area contributed by atoms with Crippen LogP contribution in [0.15, 0.2) is 42.7 Å². The van der Waals surface area contributed by atoms with Gasteiger partial charge in [0.15, 0.2) is 6.04 Å². The number of aryl methyl sites for hydroxylation is 1. The number of aromatic nitrogens is 2. The first kappa shape index (κ1) is 17.1. The van der Waals surface area contributed by atoms with E-state index >= 15 is 0 Å². The number of hydrogen-bond donors (Lipinski definition) is 1. The standard InChI is InChI=1S/C16H18F3N3O/c1-3-13(11-7-5-4-6-8-11)15(23)21-14(16(17,18)19)12-9-20-22(2)10-12/h4-10,13-14H,3H2,1-2H3,(H,21,23). The van der Waals surface area contributed by atoms with Gasteiger partial charge in [-0.25, -0.2) is 0 Å². The quantitative estimate of drug-likeness (QED) is 0.916. The number of carbonyl (C=O) groups is 1. The van der Waals surface area contributed by atoms with E-state index in [2.05, 4.69) is 10.4 Å². The molecule has 1 N–H and O–H groups in total. The summed E-state index contributed by atoms with van der Waals surface area (Å²) in [6.07, 6.45) is -1.81. The van der Waals surface area contributed by atoms with Crippen LogP contribution in [0.2, 0.25) is 0 Å². The summed E-state index contributed by atoms with van der Waals surface area (Å²) in [5.41, 5.74) is 0.607. The molecular weight excluding hydrogens is 307 g/mol. The van der Waals surface area contributed by atoms with Crippen LogP contribution >= 0.6 is 0 Å². The molecule has 2 aromatic rings. The lowest BCUT2D eigenvalue weighted by Gasteiger charge is -2.23. The van der Waals surface area contributed by atoms with Gasteiger partial charge < -0.3 is 5.32 Å². The molecule has 0 bridgehead atoms. The molecule has 0 aliphatic rings. The molecule has 2 rings (SSSR count). The average Bonchev–Trinajstić information content (AvgIpc) is 2.91. The van der Waals surface area contributed by atoms with Gasteiger partial charge in [-0.1, -0.05) is 37.3 Å². The minimum Gasteiger partial charge on any atom is -0.340 e. The second-order valence-corrected chi connectivity index (χ2v) is 5.30. The van der Waals surface area contributed by atoms with Crippen molar-refractivity contribution in [2.24, 2.45) is 7.05 Å². The lowest BCUT2D eigenvalue weighted by molar-refractivity contribution is -0.164. The largest absolute Gasteiger partial charge is 0.412 e. The van der Waals surface area contributed by atoms with Gasteiger partial charge in [-0.2, -0.15) is 18.3 Å². The van der Waals surface area contributed by atoms with Gasteiger partial charge in [0.05, 0.1) is 12.1 Å². The monoisotopic (exact) mass is 325 g/mol. The molecule has 4 nitrogen and oxygen atoms in total. The molecule has 1 heterocycles. The van der Waals surface area contributed by atoms with Crippen LogP contribution < -0.4 is 5.32 Å². The Morgan fingerprint density at radius 1 is 1.26 bits per heavy atom. The lowest BCUT2D eigenvalue weighted by atomic mass is 9.95. The highest BCUT2D eigenvalue weighted by Gasteiger charge is 2.43. The van der Waals surface area contributed by atoms with Gasteiger partial charge >= 0.3 is 6.18 Å². The Bertz CT molecular complexity index is 652. The smallest absolute Gasteiger partial charge is 0.340 e. The molecular formula is C16H18F3N3O. The highest BCUT2D eigenvalue weighted by atomic mass is 19.4. The summed E-state index contributed by atoms with van der Waals surface area (Å²) in [5.74, 6) is -1.28. The summed E-state index contributed by atoms with van der Waals surface area (Å²) in [6.45, 7) is 1.77. The zero-order valence-electron chi connectivity index (χ0n) is 12.8. The first-order chi connectivity index (χ1) is 10.8. The van der Waals surface area contributed by atoms with E-state index in [9.17, 15) is 18.0 Å². The van der Waals surface area contributed by atoms with E-state index in [4.69, 9.17) is 0 Å². The number of nitrogens with zero attached hydrogens (tertiary/aromatic N) is 2. The van der Waals surface area contributed by atoms with E-state index in [0.717, 1.165) is 6.20 Å². The predicted molar refractivity (Wildman–Crippen MR) is 79.6 cm³/mol. The Hall–Kier alpha value is -2.31. The van der Waals surface area contributed by atoms with Crippen LogP contribution in [-0.2, 0) is 11.8 Å². The number of benzene rings is 1. The number of hydrogen-bond acceptors (Lipinski definition) is 2. The molecule has 0 aliphatic heterocycles. The van der Waals surface area contributed by atoms with Crippen molar-refractivity contribution in [3.05, 3.63) is 53.9 Å². The molecule has 1 aromatic carbocycles. The maximum atomic E-state index is 13.3. The molecule has 1 amide bonds. The lowest BCUT2D eigenvalue weighted by Crippen LogP contribution is -2.40. The number of amides is 1. The summed E-state index contributed by atoms with van der Waals surface area (Å²) >= 11 is 0. The normalized spacial score (nSPS) is 14.3. The summed E-state index contributed by atoms with van der Waals surface area (Å²) < 4.78 is 41.2. The predicted octanol–water partition coefficient (Wildman–Crippen LogP) is 3.33. The number of nitrogens with one attached hydrogen (secondary N) is 1. The molecule has 2 atom stereocenters. The first-order valence-corrected chi connectivity index (χ1v) is 7.23. The zero-order valence-corrected chi connectivity index (χ0v) is 12.8. The molecule has 0 saturated heterocycles. The number of rotatable bonds is 5. The Morgan fingerprint density at radius 3 is 2.39 bits per heavy atom. The fraction of sp³-hybridized carbons (Fsp3) is 0.375. The average molecular weight is 325 g/mol.